The van der Waals surface area contributed by atoms with E-state index in [2.05, 4.69) is 25.7 Å². The second-order valence-corrected chi connectivity index (χ2v) is 6.40. The van der Waals surface area contributed by atoms with Crippen LogP contribution in [0.1, 0.15) is 32.3 Å². The van der Waals surface area contributed by atoms with Crippen LogP contribution in [0.15, 0.2) is 24.3 Å². The molecule has 1 saturated heterocycles. The molecule has 20 heavy (non-hydrogen) atoms. The van der Waals surface area contributed by atoms with E-state index >= 15 is 0 Å². The standard InChI is InChI=1S/C16H23NO3/c1-16(2,3)17-9-13(14(10-17)15(18)19)11-5-7-12(20-4)8-6-11/h5-8,13-14H,9-10H2,1-4H3,(H,18,19)/t13-,14+/m1/s1. The minimum absolute atomic E-state index is 0.00504. The zero-order chi connectivity index (χ0) is 14.9. The molecule has 0 unspecified atom stereocenters. The highest BCUT2D eigenvalue weighted by Crippen LogP contribution is 2.36. The SMILES string of the molecule is COc1ccc([C@H]2CN(C(C)(C)C)C[C@@H]2C(=O)O)cc1. The molecule has 0 radical (unpaired) electrons. The predicted molar refractivity (Wildman–Crippen MR) is 78.2 cm³/mol. The summed E-state index contributed by atoms with van der Waals surface area (Å²) in [6, 6.07) is 7.75. The molecule has 110 valence electrons. The fraction of sp³-hybridized carbons (Fsp3) is 0.562. The van der Waals surface area contributed by atoms with Gasteiger partial charge in [-0.15, -0.1) is 0 Å². The third-order valence-corrected chi connectivity index (χ3v) is 4.13. The van der Waals surface area contributed by atoms with Crippen LogP contribution in [0.5, 0.6) is 5.75 Å². The van der Waals surface area contributed by atoms with E-state index in [1.807, 2.05) is 24.3 Å². The largest absolute Gasteiger partial charge is 0.497 e. The van der Waals surface area contributed by atoms with Crippen molar-refractivity contribution in [3.05, 3.63) is 29.8 Å². The van der Waals surface area contributed by atoms with Crippen molar-refractivity contribution < 1.29 is 14.6 Å². The molecule has 1 heterocycles. The molecule has 1 fully saturated rings. The van der Waals surface area contributed by atoms with Crippen molar-refractivity contribution in [3.8, 4) is 5.75 Å². The van der Waals surface area contributed by atoms with Crippen molar-refractivity contribution >= 4 is 5.97 Å². The molecule has 1 aromatic rings. The number of carboxylic acid groups (broad SMARTS) is 1. The highest BCUT2D eigenvalue weighted by Gasteiger charge is 2.41. The Hall–Kier alpha value is -1.55. The molecule has 1 aliphatic heterocycles. The highest BCUT2D eigenvalue weighted by atomic mass is 16.5. The molecule has 2 atom stereocenters. The summed E-state index contributed by atoms with van der Waals surface area (Å²) >= 11 is 0. The zero-order valence-electron chi connectivity index (χ0n) is 12.6. The number of hydrogen-bond donors (Lipinski definition) is 1. The van der Waals surface area contributed by atoms with Crippen LogP contribution in [0.2, 0.25) is 0 Å². The summed E-state index contributed by atoms with van der Waals surface area (Å²) in [5.74, 6) is -0.218. The van der Waals surface area contributed by atoms with Crippen LogP contribution in [-0.4, -0.2) is 41.7 Å². The first-order chi connectivity index (χ1) is 9.32. The maximum Gasteiger partial charge on any atom is 0.308 e. The molecular weight excluding hydrogens is 254 g/mol. The molecule has 0 amide bonds. The number of carbonyl (C=O) groups is 1. The molecule has 2 rings (SSSR count). The number of ether oxygens (including phenoxy) is 1. The molecule has 0 bridgehead atoms. The summed E-state index contributed by atoms with van der Waals surface area (Å²) in [5, 5.41) is 9.48. The third kappa shape index (κ3) is 2.96. The molecule has 0 saturated carbocycles. The van der Waals surface area contributed by atoms with Gasteiger partial charge in [-0.05, 0) is 38.5 Å². The number of benzene rings is 1. The van der Waals surface area contributed by atoms with E-state index in [9.17, 15) is 9.90 Å². The van der Waals surface area contributed by atoms with Gasteiger partial charge in [0.1, 0.15) is 5.75 Å². The summed E-state index contributed by atoms with van der Waals surface area (Å²) in [6.07, 6.45) is 0. The van der Waals surface area contributed by atoms with Crippen molar-refractivity contribution in [2.45, 2.75) is 32.2 Å². The average molecular weight is 277 g/mol. The van der Waals surface area contributed by atoms with Crippen molar-refractivity contribution in [2.75, 3.05) is 20.2 Å². The average Bonchev–Trinajstić information content (AvgIpc) is 2.84. The zero-order valence-corrected chi connectivity index (χ0v) is 12.6. The third-order valence-electron chi connectivity index (χ3n) is 4.13. The van der Waals surface area contributed by atoms with Gasteiger partial charge in [0.05, 0.1) is 13.0 Å². The lowest BCUT2D eigenvalue weighted by Crippen LogP contribution is -2.40. The van der Waals surface area contributed by atoms with Gasteiger partial charge in [-0.3, -0.25) is 9.69 Å². The Balaban J connectivity index is 2.25. The lowest BCUT2D eigenvalue weighted by atomic mass is 9.89. The van der Waals surface area contributed by atoms with Gasteiger partial charge in [-0.1, -0.05) is 12.1 Å². The van der Waals surface area contributed by atoms with Gasteiger partial charge in [0.15, 0.2) is 0 Å². The maximum absolute atomic E-state index is 11.5. The van der Waals surface area contributed by atoms with Crippen LogP contribution >= 0.6 is 0 Å². The Morgan fingerprint density at radius 3 is 2.30 bits per heavy atom. The van der Waals surface area contributed by atoms with Gasteiger partial charge in [-0.2, -0.15) is 0 Å². The van der Waals surface area contributed by atoms with E-state index < -0.39 is 5.97 Å². The Morgan fingerprint density at radius 1 is 1.25 bits per heavy atom. The Labute approximate surface area is 120 Å². The first-order valence-corrected chi connectivity index (χ1v) is 6.94. The van der Waals surface area contributed by atoms with Crippen molar-refractivity contribution in [1.82, 2.24) is 4.90 Å². The van der Waals surface area contributed by atoms with Crippen LogP contribution in [0.4, 0.5) is 0 Å². The molecule has 0 spiro atoms. The quantitative estimate of drug-likeness (QED) is 0.922. The van der Waals surface area contributed by atoms with Crippen LogP contribution < -0.4 is 4.74 Å². The lowest BCUT2D eigenvalue weighted by molar-refractivity contribution is -0.141. The van der Waals surface area contributed by atoms with Crippen LogP contribution in [0.3, 0.4) is 0 Å². The van der Waals surface area contributed by atoms with Gasteiger partial charge in [0, 0.05) is 24.5 Å². The number of nitrogens with zero attached hydrogens (tertiary/aromatic N) is 1. The Morgan fingerprint density at radius 2 is 1.85 bits per heavy atom. The first-order valence-electron chi connectivity index (χ1n) is 6.94. The predicted octanol–water partition coefficient (Wildman–Crippen LogP) is 2.59. The summed E-state index contributed by atoms with van der Waals surface area (Å²) in [6.45, 7) is 7.77. The van der Waals surface area contributed by atoms with E-state index in [0.29, 0.717) is 6.54 Å². The minimum Gasteiger partial charge on any atom is -0.497 e. The molecule has 1 N–H and O–H groups in total. The number of rotatable bonds is 3. The van der Waals surface area contributed by atoms with Gasteiger partial charge in [-0.25, -0.2) is 0 Å². The van der Waals surface area contributed by atoms with Crippen LogP contribution in [0, 0.1) is 5.92 Å². The number of carboxylic acids is 1. The van der Waals surface area contributed by atoms with Crippen LogP contribution in [-0.2, 0) is 4.79 Å². The number of hydrogen-bond acceptors (Lipinski definition) is 3. The summed E-state index contributed by atoms with van der Waals surface area (Å²) in [7, 11) is 1.63. The minimum atomic E-state index is -0.711. The molecule has 4 nitrogen and oxygen atoms in total. The normalized spacial score (nSPS) is 23.8. The molecule has 1 aliphatic rings. The van der Waals surface area contributed by atoms with E-state index in [1.54, 1.807) is 7.11 Å². The van der Waals surface area contributed by atoms with E-state index in [4.69, 9.17) is 4.74 Å². The van der Waals surface area contributed by atoms with E-state index in [-0.39, 0.29) is 17.4 Å². The summed E-state index contributed by atoms with van der Waals surface area (Å²) < 4.78 is 5.15. The van der Waals surface area contributed by atoms with E-state index in [1.165, 1.54) is 0 Å². The van der Waals surface area contributed by atoms with Crippen LogP contribution in [0.25, 0.3) is 0 Å². The smallest absolute Gasteiger partial charge is 0.308 e. The van der Waals surface area contributed by atoms with Crippen molar-refractivity contribution in [2.24, 2.45) is 5.92 Å². The van der Waals surface area contributed by atoms with Crippen molar-refractivity contribution in [1.29, 1.82) is 0 Å². The lowest BCUT2D eigenvalue weighted by Gasteiger charge is -2.31. The fourth-order valence-corrected chi connectivity index (χ4v) is 2.79. The first kappa shape index (κ1) is 14.9. The topological polar surface area (TPSA) is 49.8 Å². The van der Waals surface area contributed by atoms with Gasteiger partial charge < -0.3 is 9.84 Å². The van der Waals surface area contributed by atoms with Gasteiger partial charge >= 0.3 is 5.97 Å². The van der Waals surface area contributed by atoms with E-state index in [0.717, 1.165) is 17.9 Å². The van der Waals surface area contributed by atoms with Gasteiger partial charge in [0.2, 0.25) is 0 Å². The second-order valence-electron chi connectivity index (χ2n) is 6.40. The molecule has 1 aromatic carbocycles. The highest BCUT2D eigenvalue weighted by molar-refractivity contribution is 5.72. The molecule has 4 heteroatoms. The fourth-order valence-electron chi connectivity index (χ4n) is 2.79. The Bertz CT molecular complexity index is 475. The van der Waals surface area contributed by atoms with Crippen molar-refractivity contribution in [3.63, 3.8) is 0 Å². The molecule has 0 aromatic heterocycles. The molecule has 0 aliphatic carbocycles. The van der Waals surface area contributed by atoms with Gasteiger partial charge in [0.25, 0.3) is 0 Å². The second kappa shape index (κ2) is 5.44. The monoisotopic (exact) mass is 277 g/mol. The number of aliphatic carboxylic acids is 1. The summed E-state index contributed by atoms with van der Waals surface area (Å²) in [5.41, 5.74) is 1.07. The Kier molecular flexibility index (Phi) is 4.04. The molecular formula is C16H23NO3. The number of likely N-dealkylation sites (tertiary alicyclic amines) is 1. The maximum atomic E-state index is 11.5. The summed E-state index contributed by atoms with van der Waals surface area (Å²) in [4.78, 5) is 13.8. The number of methoxy groups -OCH3 is 1.